The molecule has 0 amide bonds. The summed E-state index contributed by atoms with van der Waals surface area (Å²) in [5.41, 5.74) is 1.88. The van der Waals surface area contributed by atoms with Crippen molar-refractivity contribution in [3.8, 4) is 0 Å². The number of nitrogens with zero attached hydrogens (tertiary/aromatic N) is 2. The Morgan fingerprint density at radius 3 is 2.57 bits per heavy atom. The second kappa shape index (κ2) is 7.25. The number of carboxylic acid groups (broad SMARTS) is 1. The van der Waals surface area contributed by atoms with Crippen molar-refractivity contribution in [3.63, 3.8) is 0 Å². The van der Waals surface area contributed by atoms with Crippen molar-refractivity contribution >= 4 is 17.7 Å². The molecule has 21 heavy (non-hydrogen) atoms. The predicted octanol–water partition coefficient (Wildman–Crippen LogP) is 3.86. The molecule has 3 unspecified atom stereocenters. The van der Waals surface area contributed by atoms with Crippen LogP contribution in [0, 0.1) is 25.7 Å². The second-order valence-corrected chi connectivity index (χ2v) is 7.21. The summed E-state index contributed by atoms with van der Waals surface area (Å²) in [5, 5.41) is 10.3. The van der Waals surface area contributed by atoms with Crippen LogP contribution in [0.15, 0.2) is 11.2 Å². The highest BCUT2D eigenvalue weighted by atomic mass is 32.2. The van der Waals surface area contributed by atoms with Crippen molar-refractivity contribution in [1.82, 2.24) is 9.97 Å². The molecular formula is C16H24N2O2S. The van der Waals surface area contributed by atoms with Gasteiger partial charge in [-0.2, -0.15) is 0 Å². The SMILES string of the molecule is CCCC1CCC(C(=O)O)C(Sc2nc(C)cc(C)n2)C1. The molecule has 4 nitrogen and oxygen atoms in total. The van der Waals surface area contributed by atoms with Crippen molar-refractivity contribution in [2.45, 2.75) is 63.3 Å². The van der Waals surface area contributed by atoms with Gasteiger partial charge in [-0.15, -0.1) is 0 Å². The van der Waals surface area contributed by atoms with Gasteiger partial charge in [-0.25, -0.2) is 9.97 Å². The third kappa shape index (κ3) is 4.43. The van der Waals surface area contributed by atoms with E-state index in [1.54, 1.807) is 11.8 Å². The van der Waals surface area contributed by atoms with Gasteiger partial charge in [0.05, 0.1) is 5.92 Å². The largest absolute Gasteiger partial charge is 0.481 e. The van der Waals surface area contributed by atoms with Crippen molar-refractivity contribution < 1.29 is 9.90 Å². The molecule has 1 N–H and O–H groups in total. The fourth-order valence-corrected chi connectivity index (χ4v) is 4.63. The third-order valence-electron chi connectivity index (χ3n) is 4.13. The first-order valence-electron chi connectivity index (χ1n) is 7.71. The van der Waals surface area contributed by atoms with E-state index in [1.165, 1.54) is 12.8 Å². The zero-order valence-electron chi connectivity index (χ0n) is 13.0. The first-order valence-corrected chi connectivity index (χ1v) is 8.59. The van der Waals surface area contributed by atoms with Gasteiger partial charge in [0, 0.05) is 16.6 Å². The normalized spacial score (nSPS) is 25.8. The zero-order chi connectivity index (χ0) is 15.4. The molecule has 1 heterocycles. The van der Waals surface area contributed by atoms with Gasteiger partial charge in [-0.1, -0.05) is 31.5 Å². The molecule has 3 atom stereocenters. The molecule has 1 aliphatic carbocycles. The molecule has 0 aliphatic heterocycles. The highest BCUT2D eigenvalue weighted by Gasteiger charge is 2.35. The van der Waals surface area contributed by atoms with Crippen LogP contribution in [0.2, 0.25) is 0 Å². The lowest BCUT2D eigenvalue weighted by Gasteiger charge is -2.33. The molecular weight excluding hydrogens is 284 g/mol. The van der Waals surface area contributed by atoms with Crippen LogP contribution in [0.25, 0.3) is 0 Å². The highest BCUT2D eigenvalue weighted by molar-refractivity contribution is 7.99. The van der Waals surface area contributed by atoms with E-state index in [-0.39, 0.29) is 11.2 Å². The minimum Gasteiger partial charge on any atom is -0.481 e. The summed E-state index contributed by atoms with van der Waals surface area (Å²) in [6, 6.07) is 1.94. The Bertz CT molecular complexity index is 487. The topological polar surface area (TPSA) is 63.1 Å². The van der Waals surface area contributed by atoms with Crippen LogP contribution in [-0.2, 0) is 4.79 Å². The Morgan fingerprint density at radius 1 is 1.33 bits per heavy atom. The van der Waals surface area contributed by atoms with E-state index < -0.39 is 5.97 Å². The van der Waals surface area contributed by atoms with Crippen molar-refractivity contribution in [2.24, 2.45) is 11.8 Å². The lowest BCUT2D eigenvalue weighted by Crippen LogP contribution is -2.33. The van der Waals surface area contributed by atoms with E-state index in [4.69, 9.17) is 0 Å². The summed E-state index contributed by atoms with van der Waals surface area (Å²) < 4.78 is 0. The van der Waals surface area contributed by atoms with Gasteiger partial charge in [-0.3, -0.25) is 4.79 Å². The minimum absolute atomic E-state index is 0.0917. The van der Waals surface area contributed by atoms with E-state index >= 15 is 0 Å². The summed E-state index contributed by atoms with van der Waals surface area (Å²) in [6.45, 7) is 6.10. The molecule has 1 fully saturated rings. The average Bonchev–Trinajstić information content (AvgIpc) is 2.37. The number of hydrogen-bond donors (Lipinski definition) is 1. The Labute approximate surface area is 130 Å². The van der Waals surface area contributed by atoms with E-state index in [9.17, 15) is 9.90 Å². The third-order valence-corrected chi connectivity index (χ3v) is 5.35. The lowest BCUT2D eigenvalue weighted by molar-refractivity contribution is -0.142. The maximum Gasteiger partial charge on any atom is 0.307 e. The Morgan fingerprint density at radius 2 is 2.00 bits per heavy atom. The molecule has 0 radical (unpaired) electrons. The molecule has 1 saturated carbocycles. The van der Waals surface area contributed by atoms with Crippen LogP contribution in [0.4, 0.5) is 0 Å². The maximum atomic E-state index is 11.5. The summed E-state index contributed by atoms with van der Waals surface area (Å²) in [7, 11) is 0. The van der Waals surface area contributed by atoms with Crippen molar-refractivity contribution in [3.05, 3.63) is 17.5 Å². The molecule has 0 saturated heterocycles. The van der Waals surface area contributed by atoms with E-state index in [0.29, 0.717) is 5.92 Å². The number of thioether (sulfide) groups is 1. The quantitative estimate of drug-likeness (QED) is 0.837. The van der Waals surface area contributed by atoms with Crippen LogP contribution in [0.5, 0.6) is 0 Å². The molecule has 1 aromatic heterocycles. The monoisotopic (exact) mass is 308 g/mol. The summed E-state index contributed by atoms with van der Waals surface area (Å²) >= 11 is 1.56. The van der Waals surface area contributed by atoms with Gasteiger partial charge in [0.15, 0.2) is 5.16 Å². The van der Waals surface area contributed by atoms with Crippen LogP contribution < -0.4 is 0 Å². The predicted molar refractivity (Wildman–Crippen MR) is 84.5 cm³/mol. The van der Waals surface area contributed by atoms with Crippen LogP contribution in [0.3, 0.4) is 0 Å². The van der Waals surface area contributed by atoms with E-state index in [0.717, 1.165) is 35.8 Å². The van der Waals surface area contributed by atoms with Gasteiger partial charge < -0.3 is 5.11 Å². The van der Waals surface area contributed by atoms with Gasteiger partial charge in [0.1, 0.15) is 0 Å². The standard InChI is InChI=1S/C16H24N2O2S/c1-4-5-12-6-7-13(15(19)20)14(9-12)21-16-17-10(2)8-11(3)18-16/h8,12-14H,4-7,9H2,1-3H3,(H,19,20). The average molecular weight is 308 g/mol. The molecule has 0 aromatic carbocycles. The molecule has 1 aliphatic rings. The van der Waals surface area contributed by atoms with E-state index in [2.05, 4.69) is 16.9 Å². The molecule has 2 rings (SSSR count). The first-order chi connectivity index (χ1) is 9.99. The molecule has 5 heteroatoms. The molecule has 0 bridgehead atoms. The first kappa shape index (κ1) is 16.3. The smallest absolute Gasteiger partial charge is 0.307 e. The molecule has 0 spiro atoms. The number of hydrogen-bond acceptors (Lipinski definition) is 4. The number of aromatic nitrogens is 2. The number of carboxylic acids is 1. The number of rotatable bonds is 5. The van der Waals surface area contributed by atoms with Gasteiger partial charge in [-0.05, 0) is 45.1 Å². The summed E-state index contributed by atoms with van der Waals surface area (Å²) in [5.74, 6) is -0.298. The number of carbonyl (C=O) groups is 1. The van der Waals surface area contributed by atoms with Crippen LogP contribution in [0.1, 0.15) is 50.4 Å². The van der Waals surface area contributed by atoms with Gasteiger partial charge in [0.25, 0.3) is 0 Å². The Hall–Kier alpha value is -1.10. The fourth-order valence-electron chi connectivity index (χ4n) is 3.18. The number of aliphatic carboxylic acids is 1. The summed E-state index contributed by atoms with van der Waals surface area (Å²) in [6.07, 6.45) is 5.14. The summed E-state index contributed by atoms with van der Waals surface area (Å²) in [4.78, 5) is 20.4. The molecule has 116 valence electrons. The van der Waals surface area contributed by atoms with Gasteiger partial charge >= 0.3 is 5.97 Å². The highest BCUT2D eigenvalue weighted by Crippen LogP contribution is 2.40. The van der Waals surface area contributed by atoms with E-state index in [1.807, 2.05) is 19.9 Å². The lowest BCUT2D eigenvalue weighted by atomic mass is 9.80. The molecule has 1 aromatic rings. The zero-order valence-corrected chi connectivity index (χ0v) is 13.8. The van der Waals surface area contributed by atoms with Crippen molar-refractivity contribution in [2.75, 3.05) is 0 Å². The van der Waals surface area contributed by atoms with Crippen LogP contribution in [-0.4, -0.2) is 26.3 Å². The maximum absolute atomic E-state index is 11.5. The second-order valence-electron chi connectivity index (χ2n) is 6.00. The fraction of sp³-hybridized carbons (Fsp3) is 0.688. The van der Waals surface area contributed by atoms with Crippen LogP contribution >= 0.6 is 11.8 Å². The Kier molecular flexibility index (Phi) is 5.62. The van der Waals surface area contributed by atoms with Crippen molar-refractivity contribution in [1.29, 1.82) is 0 Å². The Balaban J connectivity index is 2.13. The number of aryl methyl sites for hydroxylation is 2. The van der Waals surface area contributed by atoms with Gasteiger partial charge in [0.2, 0.25) is 0 Å². The minimum atomic E-state index is -0.674.